The van der Waals surface area contributed by atoms with Gasteiger partial charge in [0, 0.05) is 58.7 Å². The zero-order valence-electron chi connectivity index (χ0n) is 16.4. The molecule has 1 aromatic heterocycles. The number of nitrogens with zero attached hydrogens (tertiary/aromatic N) is 4. The van der Waals surface area contributed by atoms with Crippen LogP contribution in [0.5, 0.6) is 0 Å². The van der Waals surface area contributed by atoms with Gasteiger partial charge < -0.3 is 14.3 Å². The Balaban J connectivity index is 1.40. The van der Waals surface area contributed by atoms with E-state index < -0.39 is 6.04 Å². The Morgan fingerprint density at radius 3 is 2.50 bits per heavy atom. The summed E-state index contributed by atoms with van der Waals surface area (Å²) in [5.74, 6) is 0.820. The fraction of sp³-hybridized carbons (Fsp3) is 0.476. The van der Waals surface area contributed by atoms with Crippen molar-refractivity contribution in [3.05, 3.63) is 52.9 Å². The lowest BCUT2D eigenvalue weighted by atomic mass is 9.93. The molecule has 7 nitrogen and oxygen atoms in total. The first-order valence-corrected chi connectivity index (χ1v) is 9.78. The van der Waals surface area contributed by atoms with Crippen molar-refractivity contribution >= 4 is 11.8 Å². The molecule has 1 saturated heterocycles. The highest BCUT2D eigenvalue weighted by molar-refractivity contribution is 5.88. The van der Waals surface area contributed by atoms with Gasteiger partial charge in [-0.15, -0.1) is 0 Å². The molecule has 1 fully saturated rings. The summed E-state index contributed by atoms with van der Waals surface area (Å²) in [6.07, 6.45) is 0.590. The Morgan fingerprint density at radius 1 is 1.14 bits per heavy atom. The highest BCUT2D eigenvalue weighted by atomic mass is 16.5. The van der Waals surface area contributed by atoms with Crippen molar-refractivity contribution in [1.29, 1.82) is 0 Å². The van der Waals surface area contributed by atoms with E-state index in [4.69, 9.17) is 4.52 Å². The van der Waals surface area contributed by atoms with Crippen molar-refractivity contribution in [3.63, 3.8) is 0 Å². The lowest BCUT2D eigenvalue weighted by Crippen LogP contribution is -2.57. The molecule has 3 heterocycles. The molecule has 1 unspecified atom stereocenters. The summed E-state index contributed by atoms with van der Waals surface area (Å²) in [5, 5.41) is 4.05. The van der Waals surface area contributed by atoms with E-state index in [1.165, 1.54) is 5.56 Å². The molecule has 2 aromatic rings. The van der Waals surface area contributed by atoms with Crippen LogP contribution in [-0.2, 0) is 29.1 Å². The van der Waals surface area contributed by atoms with Crippen LogP contribution in [0, 0.1) is 6.92 Å². The third-order valence-electron chi connectivity index (χ3n) is 5.68. The first-order chi connectivity index (χ1) is 13.5. The zero-order valence-corrected chi connectivity index (χ0v) is 16.4. The average molecular weight is 382 g/mol. The molecule has 2 amide bonds. The summed E-state index contributed by atoms with van der Waals surface area (Å²) in [7, 11) is 0. The average Bonchev–Trinajstić information content (AvgIpc) is 3.11. The van der Waals surface area contributed by atoms with Crippen LogP contribution in [0.4, 0.5) is 0 Å². The number of aromatic nitrogens is 1. The zero-order chi connectivity index (χ0) is 19.7. The van der Waals surface area contributed by atoms with Crippen molar-refractivity contribution in [2.24, 2.45) is 0 Å². The summed E-state index contributed by atoms with van der Waals surface area (Å²) in [5.41, 5.74) is 3.22. The normalized spacial score (nSPS) is 20.1. The molecule has 2 aliphatic rings. The molecule has 0 N–H and O–H groups in total. The molecule has 2 aliphatic heterocycles. The molecule has 28 heavy (non-hydrogen) atoms. The van der Waals surface area contributed by atoms with Crippen molar-refractivity contribution in [2.45, 2.75) is 39.4 Å². The van der Waals surface area contributed by atoms with E-state index in [0.717, 1.165) is 36.7 Å². The first-order valence-electron chi connectivity index (χ1n) is 9.78. The minimum atomic E-state index is -0.405. The number of piperazine rings is 1. The van der Waals surface area contributed by atoms with E-state index in [0.29, 0.717) is 26.1 Å². The predicted octanol–water partition coefficient (Wildman–Crippen LogP) is 1.60. The van der Waals surface area contributed by atoms with Crippen LogP contribution < -0.4 is 0 Å². The van der Waals surface area contributed by atoms with Gasteiger partial charge in [-0.2, -0.15) is 0 Å². The number of amides is 2. The minimum Gasteiger partial charge on any atom is -0.361 e. The number of aryl methyl sites for hydroxylation is 1. The molecule has 7 heteroatoms. The van der Waals surface area contributed by atoms with Gasteiger partial charge in [0.2, 0.25) is 11.8 Å². The molecule has 4 rings (SSSR count). The Labute approximate surface area is 164 Å². The second kappa shape index (κ2) is 7.75. The third kappa shape index (κ3) is 3.80. The monoisotopic (exact) mass is 382 g/mol. The van der Waals surface area contributed by atoms with Gasteiger partial charge in [-0.25, -0.2) is 0 Å². The molecule has 1 aromatic carbocycles. The lowest BCUT2D eigenvalue weighted by Gasteiger charge is -2.41. The summed E-state index contributed by atoms with van der Waals surface area (Å²) in [6.45, 7) is 7.59. The maximum atomic E-state index is 13.2. The van der Waals surface area contributed by atoms with E-state index in [-0.39, 0.29) is 11.8 Å². The van der Waals surface area contributed by atoms with Crippen molar-refractivity contribution in [2.75, 3.05) is 26.2 Å². The maximum absolute atomic E-state index is 13.2. The van der Waals surface area contributed by atoms with Crippen LogP contribution in [0.25, 0.3) is 0 Å². The molecular formula is C21H26N4O3. The van der Waals surface area contributed by atoms with Crippen LogP contribution in [0.3, 0.4) is 0 Å². The third-order valence-corrected chi connectivity index (χ3v) is 5.68. The number of benzene rings is 1. The molecule has 1 atom stereocenters. The topological polar surface area (TPSA) is 69.9 Å². The fourth-order valence-electron chi connectivity index (χ4n) is 4.13. The van der Waals surface area contributed by atoms with Crippen molar-refractivity contribution < 1.29 is 14.1 Å². The van der Waals surface area contributed by atoms with Gasteiger partial charge >= 0.3 is 0 Å². The number of hydrogen-bond donors (Lipinski definition) is 0. The predicted molar refractivity (Wildman–Crippen MR) is 103 cm³/mol. The van der Waals surface area contributed by atoms with Gasteiger partial charge in [-0.1, -0.05) is 29.4 Å². The maximum Gasteiger partial charge on any atom is 0.245 e. The Kier molecular flexibility index (Phi) is 5.17. The van der Waals surface area contributed by atoms with E-state index in [1.54, 1.807) is 11.8 Å². The Hall–Kier alpha value is -2.67. The molecular weight excluding hydrogens is 356 g/mol. The van der Waals surface area contributed by atoms with Crippen molar-refractivity contribution in [1.82, 2.24) is 19.9 Å². The van der Waals surface area contributed by atoms with Gasteiger partial charge in [0.1, 0.15) is 11.8 Å². The first kappa shape index (κ1) is 18.7. The highest BCUT2D eigenvalue weighted by Crippen LogP contribution is 2.25. The van der Waals surface area contributed by atoms with Crippen LogP contribution in [-0.4, -0.2) is 63.9 Å². The molecule has 0 spiro atoms. The van der Waals surface area contributed by atoms with Crippen LogP contribution >= 0.6 is 0 Å². The second-order valence-electron chi connectivity index (χ2n) is 7.67. The number of carbonyl (C=O) groups is 2. The second-order valence-corrected chi connectivity index (χ2v) is 7.67. The number of fused-ring (bicyclic) bond motifs is 1. The molecule has 0 aliphatic carbocycles. The lowest BCUT2D eigenvalue weighted by molar-refractivity contribution is -0.147. The molecule has 0 radical (unpaired) electrons. The largest absolute Gasteiger partial charge is 0.361 e. The van der Waals surface area contributed by atoms with Crippen molar-refractivity contribution in [3.8, 4) is 0 Å². The van der Waals surface area contributed by atoms with Gasteiger partial charge in [-0.05, 0) is 18.1 Å². The minimum absolute atomic E-state index is 0.0482. The SMILES string of the molecule is CC(=O)N1Cc2ccccc2CC1C(=O)N1CCN(Cc2cc(C)on2)CC1. The van der Waals surface area contributed by atoms with E-state index in [9.17, 15) is 9.59 Å². The van der Waals surface area contributed by atoms with E-state index >= 15 is 0 Å². The van der Waals surface area contributed by atoms with Gasteiger partial charge in [-0.3, -0.25) is 14.5 Å². The summed E-state index contributed by atoms with van der Waals surface area (Å²) in [4.78, 5) is 31.3. The molecule has 0 bridgehead atoms. The van der Waals surface area contributed by atoms with Gasteiger partial charge in [0.05, 0.1) is 5.69 Å². The summed E-state index contributed by atoms with van der Waals surface area (Å²) in [6, 6.07) is 9.61. The quantitative estimate of drug-likeness (QED) is 0.807. The van der Waals surface area contributed by atoms with E-state index in [1.807, 2.05) is 36.1 Å². The number of rotatable bonds is 3. The van der Waals surface area contributed by atoms with Crippen LogP contribution in [0.1, 0.15) is 29.5 Å². The van der Waals surface area contributed by atoms with Gasteiger partial charge in [0.15, 0.2) is 0 Å². The fourth-order valence-corrected chi connectivity index (χ4v) is 4.13. The number of hydrogen-bond acceptors (Lipinski definition) is 5. The molecule has 148 valence electrons. The highest BCUT2D eigenvalue weighted by Gasteiger charge is 2.36. The summed E-state index contributed by atoms with van der Waals surface area (Å²) < 4.78 is 5.13. The van der Waals surface area contributed by atoms with Crippen LogP contribution in [0.15, 0.2) is 34.9 Å². The smallest absolute Gasteiger partial charge is 0.245 e. The van der Waals surface area contributed by atoms with Gasteiger partial charge in [0.25, 0.3) is 0 Å². The van der Waals surface area contributed by atoms with Crippen LogP contribution in [0.2, 0.25) is 0 Å². The van der Waals surface area contributed by atoms with E-state index in [2.05, 4.69) is 16.1 Å². The Morgan fingerprint density at radius 2 is 1.86 bits per heavy atom. The number of carbonyl (C=O) groups excluding carboxylic acids is 2. The summed E-state index contributed by atoms with van der Waals surface area (Å²) >= 11 is 0. The Bertz CT molecular complexity index is 870. The molecule has 0 saturated carbocycles. The standard InChI is InChI=1S/C21H26N4O3/c1-15-11-19(22-28-15)14-23-7-9-24(10-8-23)21(27)20-12-17-5-3-4-6-18(17)13-25(20)16(2)26/h3-6,11,20H,7-10,12-14H2,1-2H3.